The minimum Gasteiger partial charge on any atom is -0.476 e. The van der Waals surface area contributed by atoms with E-state index in [0.717, 1.165) is 31.5 Å². The normalized spacial score (nSPS) is 19.0. The molecule has 2 aliphatic rings. The van der Waals surface area contributed by atoms with Gasteiger partial charge in [0.05, 0.1) is 18.5 Å². The Morgan fingerprint density at radius 2 is 1.87 bits per heavy atom. The standard InChI is InChI=1S/C22H26ClN3O4S/c1-31(28,29)26-15-21(30-20-9-8-18(23)12-19(20)26)22(27)24-13-16-6-2-3-7-17(16)14-25-10-4-5-11-25/h2-3,6-9,12,21H,4-5,10-11,13-15H2,1H3,(H,24,27). The smallest absolute Gasteiger partial charge is 0.263 e. The van der Waals surface area contributed by atoms with E-state index < -0.39 is 16.1 Å². The number of likely N-dealkylation sites (tertiary alicyclic amines) is 1. The predicted octanol–water partition coefficient (Wildman–Crippen LogP) is 2.78. The lowest BCUT2D eigenvalue weighted by molar-refractivity contribution is -0.127. The molecule has 0 aliphatic carbocycles. The maximum Gasteiger partial charge on any atom is 0.263 e. The molecule has 1 amide bonds. The summed E-state index contributed by atoms with van der Waals surface area (Å²) in [6, 6.07) is 12.8. The lowest BCUT2D eigenvalue weighted by Gasteiger charge is -2.34. The van der Waals surface area contributed by atoms with Crippen LogP contribution in [0.5, 0.6) is 5.75 Å². The van der Waals surface area contributed by atoms with Gasteiger partial charge in [-0.05, 0) is 55.3 Å². The molecule has 1 N–H and O–H groups in total. The summed E-state index contributed by atoms with van der Waals surface area (Å²) < 4.78 is 31.6. The van der Waals surface area contributed by atoms with Gasteiger partial charge in [-0.25, -0.2) is 8.42 Å². The fourth-order valence-corrected chi connectivity index (χ4v) is 5.11. The summed E-state index contributed by atoms with van der Waals surface area (Å²) >= 11 is 6.02. The number of halogens is 1. The zero-order valence-corrected chi connectivity index (χ0v) is 19.0. The zero-order valence-electron chi connectivity index (χ0n) is 17.4. The molecule has 0 saturated carbocycles. The topological polar surface area (TPSA) is 79.0 Å². The number of anilines is 1. The molecule has 31 heavy (non-hydrogen) atoms. The molecule has 1 fully saturated rings. The molecule has 1 unspecified atom stereocenters. The van der Waals surface area contributed by atoms with Gasteiger partial charge in [0.1, 0.15) is 5.75 Å². The molecule has 2 heterocycles. The first-order valence-corrected chi connectivity index (χ1v) is 12.5. The predicted molar refractivity (Wildman–Crippen MR) is 121 cm³/mol. The van der Waals surface area contributed by atoms with Crippen LogP contribution >= 0.6 is 11.6 Å². The van der Waals surface area contributed by atoms with Crippen molar-refractivity contribution in [2.24, 2.45) is 0 Å². The molecule has 1 atom stereocenters. The largest absolute Gasteiger partial charge is 0.476 e. The first-order chi connectivity index (χ1) is 14.8. The van der Waals surface area contributed by atoms with Crippen molar-refractivity contribution in [3.8, 4) is 5.75 Å². The van der Waals surface area contributed by atoms with Crippen LogP contribution in [0.25, 0.3) is 0 Å². The lowest BCUT2D eigenvalue weighted by Crippen LogP contribution is -2.50. The fraction of sp³-hybridized carbons (Fsp3) is 0.409. The molecule has 0 bridgehead atoms. The van der Waals surface area contributed by atoms with Crippen LogP contribution in [0.2, 0.25) is 5.02 Å². The average Bonchev–Trinajstić information content (AvgIpc) is 3.24. The van der Waals surface area contributed by atoms with E-state index in [-0.39, 0.29) is 12.5 Å². The Balaban J connectivity index is 1.46. The van der Waals surface area contributed by atoms with Crippen molar-refractivity contribution in [1.29, 1.82) is 0 Å². The molecule has 2 aliphatic heterocycles. The second-order valence-electron chi connectivity index (χ2n) is 7.98. The van der Waals surface area contributed by atoms with Crippen LogP contribution in [0, 0.1) is 0 Å². The number of hydrogen-bond acceptors (Lipinski definition) is 5. The molecular formula is C22H26ClN3O4S. The van der Waals surface area contributed by atoms with Gasteiger partial charge in [0.15, 0.2) is 6.10 Å². The van der Waals surface area contributed by atoms with Gasteiger partial charge >= 0.3 is 0 Å². The maximum absolute atomic E-state index is 12.9. The monoisotopic (exact) mass is 463 g/mol. The van der Waals surface area contributed by atoms with Crippen molar-refractivity contribution < 1.29 is 17.9 Å². The molecule has 9 heteroatoms. The van der Waals surface area contributed by atoms with E-state index >= 15 is 0 Å². The van der Waals surface area contributed by atoms with E-state index in [0.29, 0.717) is 23.0 Å². The Bertz CT molecular complexity index is 1070. The van der Waals surface area contributed by atoms with Gasteiger partial charge in [0, 0.05) is 18.1 Å². The quantitative estimate of drug-likeness (QED) is 0.712. The average molecular weight is 464 g/mol. The summed E-state index contributed by atoms with van der Waals surface area (Å²) in [6.07, 6.45) is 2.60. The fourth-order valence-electron chi connectivity index (χ4n) is 4.04. The molecule has 2 aromatic rings. The summed E-state index contributed by atoms with van der Waals surface area (Å²) in [5.41, 5.74) is 2.58. The molecule has 7 nitrogen and oxygen atoms in total. The molecule has 0 aromatic heterocycles. The number of nitrogens with zero attached hydrogens (tertiary/aromatic N) is 2. The molecule has 0 spiro atoms. The van der Waals surface area contributed by atoms with Gasteiger partial charge in [0.2, 0.25) is 10.0 Å². The number of hydrogen-bond donors (Lipinski definition) is 1. The lowest BCUT2D eigenvalue weighted by atomic mass is 10.1. The Labute approximate surface area is 188 Å². The van der Waals surface area contributed by atoms with Crippen LogP contribution < -0.4 is 14.4 Å². The number of fused-ring (bicyclic) bond motifs is 1. The van der Waals surface area contributed by atoms with Crippen LogP contribution in [0.1, 0.15) is 24.0 Å². The van der Waals surface area contributed by atoms with Crippen molar-refractivity contribution in [2.75, 3.05) is 30.2 Å². The van der Waals surface area contributed by atoms with Gasteiger partial charge in [-0.1, -0.05) is 35.9 Å². The van der Waals surface area contributed by atoms with Crippen LogP contribution in [0.3, 0.4) is 0 Å². The summed E-state index contributed by atoms with van der Waals surface area (Å²) in [4.78, 5) is 15.3. The maximum atomic E-state index is 12.9. The highest BCUT2D eigenvalue weighted by Gasteiger charge is 2.35. The van der Waals surface area contributed by atoms with E-state index in [9.17, 15) is 13.2 Å². The van der Waals surface area contributed by atoms with Crippen molar-refractivity contribution in [3.05, 3.63) is 58.6 Å². The van der Waals surface area contributed by atoms with E-state index in [4.69, 9.17) is 16.3 Å². The summed E-state index contributed by atoms with van der Waals surface area (Å²) in [5.74, 6) is -0.0408. The number of carbonyl (C=O) groups excluding carboxylic acids is 1. The summed E-state index contributed by atoms with van der Waals surface area (Å²) in [7, 11) is -3.60. The molecule has 1 saturated heterocycles. The summed E-state index contributed by atoms with van der Waals surface area (Å²) in [5, 5.41) is 3.31. The first kappa shape index (κ1) is 21.9. The van der Waals surface area contributed by atoms with E-state index in [2.05, 4.69) is 16.3 Å². The van der Waals surface area contributed by atoms with Gasteiger partial charge in [-0.2, -0.15) is 0 Å². The third-order valence-corrected chi connectivity index (χ3v) is 7.03. The van der Waals surface area contributed by atoms with Crippen molar-refractivity contribution in [1.82, 2.24) is 10.2 Å². The van der Waals surface area contributed by atoms with Crippen LogP contribution in [0.4, 0.5) is 5.69 Å². The van der Waals surface area contributed by atoms with Gasteiger partial charge in [-0.15, -0.1) is 0 Å². The second kappa shape index (κ2) is 9.06. The van der Waals surface area contributed by atoms with Gasteiger partial charge in [0.25, 0.3) is 5.91 Å². The number of amides is 1. The number of ether oxygens (including phenoxy) is 1. The zero-order chi connectivity index (χ0) is 22.0. The first-order valence-electron chi connectivity index (χ1n) is 10.3. The number of sulfonamides is 1. The second-order valence-corrected chi connectivity index (χ2v) is 10.3. The molecule has 166 valence electrons. The van der Waals surface area contributed by atoms with E-state index in [1.165, 1.54) is 28.8 Å². The number of carbonyl (C=O) groups is 1. The highest BCUT2D eigenvalue weighted by Crippen LogP contribution is 2.37. The molecule has 4 rings (SSSR count). The minimum absolute atomic E-state index is 0.104. The third-order valence-electron chi connectivity index (χ3n) is 5.65. The van der Waals surface area contributed by atoms with Gasteiger partial charge in [-0.3, -0.25) is 14.0 Å². The van der Waals surface area contributed by atoms with Crippen molar-refractivity contribution in [3.63, 3.8) is 0 Å². The highest BCUT2D eigenvalue weighted by atomic mass is 35.5. The van der Waals surface area contributed by atoms with Crippen LogP contribution in [-0.2, 0) is 27.9 Å². The Kier molecular flexibility index (Phi) is 6.41. The Morgan fingerprint density at radius 3 is 2.58 bits per heavy atom. The molecule has 2 aromatic carbocycles. The highest BCUT2D eigenvalue weighted by molar-refractivity contribution is 7.92. The van der Waals surface area contributed by atoms with Gasteiger partial charge < -0.3 is 10.1 Å². The number of nitrogens with one attached hydrogen (secondary N) is 1. The Hall–Kier alpha value is -2.29. The van der Waals surface area contributed by atoms with Crippen LogP contribution in [-0.4, -0.2) is 51.2 Å². The van der Waals surface area contributed by atoms with Crippen LogP contribution in [0.15, 0.2) is 42.5 Å². The van der Waals surface area contributed by atoms with E-state index in [1.54, 1.807) is 12.1 Å². The third kappa shape index (κ3) is 5.14. The summed E-state index contributed by atoms with van der Waals surface area (Å²) in [6.45, 7) is 3.31. The minimum atomic E-state index is -3.60. The molecule has 0 radical (unpaired) electrons. The number of benzene rings is 2. The Morgan fingerprint density at radius 1 is 1.16 bits per heavy atom. The SMILES string of the molecule is CS(=O)(=O)N1CC(C(=O)NCc2ccccc2CN2CCCC2)Oc2ccc(Cl)cc21. The molecular weight excluding hydrogens is 438 g/mol. The van der Waals surface area contributed by atoms with E-state index in [1.807, 2.05) is 18.2 Å². The number of rotatable bonds is 6. The van der Waals surface area contributed by atoms with Crippen molar-refractivity contribution in [2.45, 2.75) is 32.0 Å². The van der Waals surface area contributed by atoms with Crippen molar-refractivity contribution >= 4 is 33.2 Å².